The molecule has 1 aromatic carbocycles. The SMILES string of the molecule is COC(=O)c1ccncc1NC[C@@H]1CCCc2cc(N(C)c3cccc(OC)n3)ccc21. The van der Waals surface area contributed by atoms with Crippen molar-refractivity contribution in [1.82, 2.24) is 9.97 Å². The third-order valence-corrected chi connectivity index (χ3v) is 5.98. The molecule has 2 aromatic heterocycles. The molecule has 1 aliphatic carbocycles. The smallest absolute Gasteiger partial charge is 0.340 e. The van der Waals surface area contributed by atoms with Gasteiger partial charge in [0.05, 0.1) is 31.7 Å². The zero-order valence-electron chi connectivity index (χ0n) is 18.7. The molecule has 0 radical (unpaired) electrons. The summed E-state index contributed by atoms with van der Waals surface area (Å²) in [5.41, 5.74) is 5.00. The van der Waals surface area contributed by atoms with Crippen LogP contribution in [-0.4, -0.2) is 43.7 Å². The minimum Gasteiger partial charge on any atom is -0.481 e. The van der Waals surface area contributed by atoms with Crippen LogP contribution in [0.3, 0.4) is 0 Å². The van der Waals surface area contributed by atoms with Crippen LogP contribution < -0.4 is 15.0 Å². The third-order valence-electron chi connectivity index (χ3n) is 5.98. The number of anilines is 3. The first-order chi connectivity index (χ1) is 15.6. The predicted molar refractivity (Wildman–Crippen MR) is 125 cm³/mol. The number of aryl methyl sites for hydroxylation is 1. The van der Waals surface area contributed by atoms with Gasteiger partial charge in [0.2, 0.25) is 5.88 Å². The fourth-order valence-electron chi connectivity index (χ4n) is 4.22. The van der Waals surface area contributed by atoms with E-state index in [-0.39, 0.29) is 5.97 Å². The van der Waals surface area contributed by atoms with E-state index in [1.807, 2.05) is 25.2 Å². The maximum Gasteiger partial charge on any atom is 0.340 e. The first-order valence-corrected chi connectivity index (χ1v) is 10.7. The molecule has 0 amide bonds. The molecule has 0 fully saturated rings. The van der Waals surface area contributed by atoms with E-state index in [1.54, 1.807) is 25.6 Å². The fraction of sp³-hybridized carbons (Fsp3) is 0.320. The van der Waals surface area contributed by atoms with Gasteiger partial charge in [0, 0.05) is 37.5 Å². The van der Waals surface area contributed by atoms with E-state index in [0.29, 0.717) is 23.0 Å². The first kappa shape index (κ1) is 21.6. The molecule has 0 saturated heterocycles. The summed E-state index contributed by atoms with van der Waals surface area (Å²) in [4.78, 5) is 22.8. The lowest BCUT2D eigenvalue weighted by molar-refractivity contribution is 0.0601. The highest BCUT2D eigenvalue weighted by Gasteiger charge is 2.22. The average Bonchev–Trinajstić information content (AvgIpc) is 2.86. The molecule has 0 unspecified atom stereocenters. The van der Waals surface area contributed by atoms with Crippen LogP contribution in [0.15, 0.2) is 54.9 Å². The molecule has 7 nitrogen and oxygen atoms in total. The molecule has 1 aliphatic rings. The van der Waals surface area contributed by atoms with E-state index >= 15 is 0 Å². The van der Waals surface area contributed by atoms with Crippen molar-refractivity contribution in [3.05, 3.63) is 71.5 Å². The topological polar surface area (TPSA) is 76.6 Å². The van der Waals surface area contributed by atoms with Crippen LogP contribution in [-0.2, 0) is 11.2 Å². The van der Waals surface area contributed by atoms with Gasteiger partial charge in [-0.05, 0) is 54.7 Å². The molecule has 1 N–H and O–H groups in total. The summed E-state index contributed by atoms with van der Waals surface area (Å²) < 4.78 is 10.1. The first-order valence-electron chi connectivity index (χ1n) is 10.7. The lowest BCUT2D eigenvalue weighted by Gasteiger charge is -2.28. The predicted octanol–water partition coefficient (Wildman–Crippen LogP) is 4.57. The van der Waals surface area contributed by atoms with Crippen molar-refractivity contribution in [2.24, 2.45) is 0 Å². The van der Waals surface area contributed by atoms with Crippen LogP contribution in [0.25, 0.3) is 0 Å². The number of hydrogen-bond donors (Lipinski definition) is 1. The Morgan fingerprint density at radius 3 is 2.91 bits per heavy atom. The second-order valence-corrected chi connectivity index (χ2v) is 7.86. The quantitative estimate of drug-likeness (QED) is 0.548. The highest BCUT2D eigenvalue weighted by Crippen LogP contribution is 2.35. The summed E-state index contributed by atoms with van der Waals surface area (Å²) in [6, 6.07) is 14.1. The zero-order chi connectivity index (χ0) is 22.5. The van der Waals surface area contributed by atoms with E-state index < -0.39 is 0 Å². The third kappa shape index (κ3) is 4.51. The molecule has 2 heterocycles. The molecular weight excluding hydrogens is 404 g/mol. The fourth-order valence-corrected chi connectivity index (χ4v) is 4.22. The molecule has 166 valence electrons. The van der Waals surface area contributed by atoms with E-state index in [2.05, 4.69) is 38.4 Å². The molecule has 7 heteroatoms. The Balaban J connectivity index is 1.52. The molecule has 32 heavy (non-hydrogen) atoms. The Morgan fingerprint density at radius 1 is 1.22 bits per heavy atom. The van der Waals surface area contributed by atoms with Crippen molar-refractivity contribution in [3.63, 3.8) is 0 Å². The highest BCUT2D eigenvalue weighted by molar-refractivity contribution is 5.95. The van der Waals surface area contributed by atoms with Crippen molar-refractivity contribution in [3.8, 4) is 5.88 Å². The number of esters is 1. The standard InChI is InChI=1S/C25H28N4O3/c1-29(23-8-5-9-24(28-23)31-2)19-10-11-20-17(14-19)6-4-7-18(20)15-27-22-16-26-13-12-21(22)25(30)32-3/h5,8-14,16,18,27H,4,6-7,15H2,1-3H3/t18-/m0/s1. The van der Waals surface area contributed by atoms with E-state index in [1.165, 1.54) is 18.2 Å². The van der Waals surface area contributed by atoms with Crippen molar-refractivity contribution >= 4 is 23.2 Å². The maximum atomic E-state index is 12.0. The van der Waals surface area contributed by atoms with Gasteiger partial charge in [-0.2, -0.15) is 4.98 Å². The lowest BCUT2D eigenvalue weighted by atomic mass is 9.82. The van der Waals surface area contributed by atoms with Crippen LogP contribution in [0, 0.1) is 0 Å². The Morgan fingerprint density at radius 2 is 2.09 bits per heavy atom. The van der Waals surface area contributed by atoms with Gasteiger partial charge in [0.1, 0.15) is 5.82 Å². The number of hydrogen-bond acceptors (Lipinski definition) is 7. The summed E-state index contributed by atoms with van der Waals surface area (Å²) in [7, 11) is 5.03. The minimum absolute atomic E-state index is 0.360. The number of rotatable bonds is 7. The summed E-state index contributed by atoms with van der Waals surface area (Å²) in [5, 5.41) is 3.42. The molecule has 3 aromatic rings. The monoisotopic (exact) mass is 432 g/mol. The number of methoxy groups -OCH3 is 2. The number of benzene rings is 1. The van der Waals surface area contributed by atoms with Gasteiger partial charge in [-0.15, -0.1) is 0 Å². The van der Waals surface area contributed by atoms with Crippen molar-refractivity contribution in [1.29, 1.82) is 0 Å². The molecule has 1 atom stereocenters. The normalized spacial score (nSPS) is 14.9. The van der Waals surface area contributed by atoms with Crippen LogP contribution >= 0.6 is 0 Å². The van der Waals surface area contributed by atoms with Gasteiger partial charge in [-0.3, -0.25) is 4.98 Å². The van der Waals surface area contributed by atoms with Gasteiger partial charge in [0.25, 0.3) is 0 Å². The molecule has 4 rings (SSSR count). The van der Waals surface area contributed by atoms with Gasteiger partial charge < -0.3 is 19.7 Å². The van der Waals surface area contributed by atoms with Crippen molar-refractivity contribution in [2.75, 3.05) is 38.0 Å². The number of aromatic nitrogens is 2. The Hall–Kier alpha value is -3.61. The minimum atomic E-state index is -0.363. The van der Waals surface area contributed by atoms with Crippen LogP contribution in [0.4, 0.5) is 17.2 Å². The lowest BCUT2D eigenvalue weighted by Crippen LogP contribution is -2.20. The second-order valence-electron chi connectivity index (χ2n) is 7.86. The van der Waals surface area contributed by atoms with E-state index in [9.17, 15) is 4.79 Å². The number of fused-ring (bicyclic) bond motifs is 1. The highest BCUT2D eigenvalue weighted by atomic mass is 16.5. The van der Waals surface area contributed by atoms with Gasteiger partial charge in [0.15, 0.2) is 0 Å². The van der Waals surface area contributed by atoms with Crippen molar-refractivity contribution < 1.29 is 14.3 Å². The summed E-state index contributed by atoms with van der Waals surface area (Å²) in [6.07, 6.45) is 6.55. The Kier molecular flexibility index (Phi) is 6.54. The number of nitrogens with one attached hydrogen (secondary N) is 1. The van der Waals surface area contributed by atoms with Crippen LogP contribution in [0.1, 0.15) is 40.2 Å². The molecular formula is C25H28N4O3. The zero-order valence-corrected chi connectivity index (χ0v) is 18.7. The number of carbonyl (C=O) groups excluding carboxylic acids is 1. The van der Waals surface area contributed by atoms with Gasteiger partial charge >= 0.3 is 5.97 Å². The Labute approximate surface area is 188 Å². The van der Waals surface area contributed by atoms with E-state index in [4.69, 9.17) is 9.47 Å². The second kappa shape index (κ2) is 9.68. The molecule has 0 bridgehead atoms. The van der Waals surface area contributed by atoms with E-state index in [0.717, 1.165) is 37.3 Å². The van der Waals surface area contributed by atoms with Crippen molar-refractivity contribution in [2.45, 2.75) is 25.2 Å². The van der Waals surface area contributed by atoms with Crippen LogP contribution in [0.5, 0.6) is 5.88 Å². The largest absolute Gasteiger partial charge is 0.481 e. The molecule has 0 saturated carbocycles. The maximum absolute atomic E-state index is 12.0. The molecule has 0 spiro atoms. The number of carbonyl (C=O) groups is 1. The summed E-state index contributed by atoms with van der Waals surface area (Å²) in [6.45, 7) is 0.731. The Bertz CT molecular complexity index is 1100. The van der Waals surface area contributed by atoms with Gasteiger partial charge in [-0.1, -0.05) is 12.1 Å². The average molecular weight is 433 g/mol. The van der Waals surface area contributed by atoms with Crippen LogP contribution in [0.2, 0.25) is 0 Å². The summed E-state index contributed by atoms with van der Waals surface area (Å²) in [5.74, 6) is 1.43. The summed E-state index contributed by atoms with van der Waals surface area (Å²) >= 11 is 0. The number of nitrogens with zero attached hydrogens (tertiary/aromatic N) is 3. The van der Waals surface area contributed by atoms with Gasteiger partial charge in [-0.25, -0.2) is 4.79 Å². The number of ether oxygens (including phenoxy) is 2. The molecule has 0 aliphatic heterocycles. The number of pyridine rings is 2.